The fourth-order valence-corrected chi connectivity index (χ4v) is 2.24. The average molecular weight is 268 g/mol. The van der Waals surface area contributed by atoms with Crippen LogP contribution in [-0.2, 0) is 4.74 Å². The van der Waals surface area contributed by atoms with E-state index in [0.29, 0.717) is 19.0 Å². The molecule has 6 nitrogen and oxygen atoms in total. The zero-order valence-electron chi connectivity index (χ0n) is 11.6. The molecule has 1 amide bonds. The van der Waals surface area contributed by atoms with Gasteiger partial charge in [0.2, 0.25) is 0 Å². The summed E-state index contributed by atoms with van der Waals surface area (Å²) in [4.78, 5) is 13.1. The molecule has 2 heterocycles. The summed E-state index contributed by atoms with van der Waals surface area (Å²) in [6.45, 7) is 5.25. The standard InChI is InChI=1S/C13H20N2O4/c1-9(2)18-12-8-11(19-14-12)10-4-6-15(7-5-10)13(16)17-3/h8-10H,4-7H2,1-3H3. The van der Waals surface area contributed by atoms with E-state index in [4.69, 9.17) is 14.0 Å². The third-order valence-corrected chi connectivity index (χ3v) is 3.19. The Labute approximate surface area is 112 Å². The smallest absolute Gasteiger partial charge is 0.409 e. The van der Waals surface area contributed by atoms with Gasteiger partial charge in [0.25, 0.3) is 5.88 Å². The highest BCUT2D eigenvalue weighted by molar-refractivity contribution is 5.67. The summed E-state index contributed by atoms with van der Waals surface area (Å²) in [5.74, 6) is 1.65. The highest BCUT2D eigenvalue weighted by atomic mass is 16.5. The molecule has 19 heavy (non-hydrogen) atoms. The van der Waals surface area contributed by atoms with Crippen molar-refractivity contribution >= 4 is 6.09 Å². The zero-order valence-corrected chi connectivity index (χ0v) is 11.6. The largest absolute Gasteiger partial charge is 0.473 e. The molecule has 0 unspecified atom stereocenters. The van der Waals surface area contributed by atoms with E-state index in [2.05, 4.69) is 5.16 Å². The molecule has 0 atom stereocenters. The molecule has 2 rings (SSSR count). The van der Waals surface area contributed by atoms with Gasteiger partial charge < -0.3 is 18.9 Å². The van der Waals surface area contributed by atoms with Gasteiger partial charge in [-0.25, -0.2) is 4.79 Å². The Balaban J connectivity index is 1.90. The van der Waals surface area contributed by atoms with Crippen molar-refractivity contribution in [3.63, 3.8) is 0 Å². The molecule has 0 aromatic carbocycles. The third kappa shape index (κ3) is 3.39. The van der Waals surface area contributed by atoms with Crippen LogP contribution in [-0.4, -0.2) is 42.5 Å². The van der Waals surface area contributed by atoms with Crippen LogP contribution in [0.2, 0.25) is 0 Å². The van der Waals surface area contributed by atoms with E-state index in [1.165, 1.54) is 7.11 Å². The van der Waals surface area contributed by atoms with E-state index < -0.39 is 0 Å². The molecule has 0 radical (unpaired) electrons. The van der Waals surface area contributed by atoms with Gasteiger partial charge >= 0.3 is 6.09 Å². The maximum atomic E-state index is 11.4. The van der Waals surface area contributed by atoms with Gasteiger partial charge in [-0.15, -0.1) is 0 Å². The minimum atomic E-state index is -0.264. The summed E-state index contributed by atoms with van der Waals surface area (Å²) in [5, 5.41) is 3.90. The van der Waals surface area contributed by atoms with E-state index in [0.717, 1.165) is 18.6 Å². The van der Waals surface area contributed by atoms with Crippen LogP contribution in [0.1, 0.15) is 38.4 Å². The number of amides is 1. The first-order valence-corrected chi connectivity index (χ1v) is 6.56. The molecule has 1 aromatic rings. The van der Waals surface area contributed by atoms with E-state index in [-0.39, 0.29) is 18.1 Å². The maximum Gasteiger partial charge on any atom is 0.409 e. The Morgan fingerprint density at radius 3 is 2.74 bits per heavy atom. The minimum Gasteiger partial charge on any atom is -0.473 e. The molecule has 0 aliphatic carbocycles. The third-order valence-electron chi connectivity index (χ3n) is 3.19. The van der Waals surface area contributed by atoms with Gasteiger partial charge in [-0.1, -0.05) is 0 Å². The van der Waals surface area contributed by atoms with Gasteiger partial charge in [-0.05, 0) is 31.8 Å². The number of rotatable bonds is 3. The number of carbonyl (C=O) groups excluding carboxylic acids is 1. The lowest BCUT2D eigenvalue weighted by atomic mass is 9.94. The summed E-state index contributed by atoms with van der Waals surface area (Å²) in [6, 6.07) is 1.85. The second-order valence-corrected chi connectivity index (χ2v) is 4.97. The topological polar surface area (TPSA) is 64.8 Å². The number of hydrogen-bond donors (Lipinski definition) is 0. The van der Waals surface area contributed by atoms with Gasteiger partial charge in [0.1, 0.15) is 5.76 Å². The molecule has 1 fully saturated rings. The normalized spacial score (nSPS) is 16.7. The number of ether oxygens (including phenoxy) is 2. The number of methoxy groups -OCH3 is 1. The molecular formula is C13H20N2O4. The van der Waals surface area contributed by atoms with Crippen LogP contribution in [0.3, 0.4) is 0 Å². The molecule has 0 bridgehead atoms. The minimum absolute atomic E-state index is 0.0825. The fourth-order valence-electron chi connectivity index (χ4n) is 2.24. The molecule has 106 valence electrons. The predicted octanol–water partition coefficient (Wildman–Crippen LogP) is 2.41. The Bertz CT molecular complexity index is 422. The van der Waals surface area contributed by atoms with Crippen molar-refractivity contribution in [1.29, 1.82) is 0 Å². The van der Waals surface area contributed by atoms with Crippen molar-refractivity contribution in [3.8, 4) is 5.88 Å². The van der Waals surface area contributed by atoms with Gasteiger partial charge in [0.05, 0.1) is 13.2 Å². The van der Waals surface area contributed by atoms with Crippen molar-refractivity contribution in [3.05, 3.63) is 11.8 Å². The van der Waals surface area contributed by atoms with Crippen molar-refractivity contribution in [2.75, 3.05) is 20.2 Å². The number of nitrogens with zero attached hydrogens (tertiary/aromatic N) is 2. The van der Waals surface area contributed by atoms with Crippen molar-refractivity contribution in [1.82, 2.24) is 10.1 Å². The van der Waals surface area contributed by atoms with E-state index in [1.807, 2.05) is 19.9 Å². The Hall–Kier alpha value is -1.72. The van der Waals surface area contributed by atoms with Crippen LogP contribution in [0.25, 0.3) is 0 Å². The quantitative estimate of drug-likeness (QED) is 0.842. The zero-order chi connectivity index (χ0) is 13.8. The van der Waals surface area contributed by atoms with Crippen LogP contribution in [0, 0.1) is 0 Å². The van der Waals surface area contributed by atoms with Crippen LogP contribution in [0.4, 0.5) is 4.79 Å². The molecule has 1 saturated heterocycles. The lowest BCUT2D eigenvalue weighted by molar-refractivity contribution is 0.110. The van der Waals surface area contributed by atoms with E-state index >= 15 is 0 Å². The van der Waals surface area contributed by atoms with E-state index in [1.54, 1.807) is 4.90 Å². The predicted molar refractivity (Wildman–Crippen MR) is 68.2 cm³/mol. The second-order valence-electron chi connectivity index (χ2n) is 4.97. The Morgan fingerprint density at radius 1 is 1.47 bits per heavy atom. The number of likely N-dealkylation sites (tertiary alicyclic amines) is 1. The molecular weight excluding hydrogens is 248 g/mol. The number of hydrogen-bond acceptors (Lipinski definition) is 5. The van der Waals surface area contributed by atoms with Gasteiger partial charge in [0.15, 0.2) is 0 Å². The second kappa shape index (κ2) is 5.95. The first-order chi connectivity index (χ1) is 9.10. The van der Waals surface area contributed by atoms with Gasteiger partial charge in [-0.2, -0.15) is 0 Å². The molecule has 0 spiro atoms. The molecule has 1 aliphatic rings. The lowest BCUT2D eigenvalue weighted by Crippen LogP contribution is -2.37. The molecule has 1 aliphatic heterocycles. The van der Waals surface area contributed by atoms with Crippen LogP contribution in [0.15, 0.2) is 10.6 Å². The highest BCUT2D eigenvalue weighted by Gasteiger charge is 2.27. The van der Waals surface area contributed by atoms with Gasteiger partial charge in [-0.3, -0.25) is 0 Å². The number of carbonyl (C=O) groups is 1. The SMILES string of the molecule is COC(=O)N1CCC(c2cc(OC(C)C)no2)CC1. The summed E-state index contributed by atoms with van der Waals surface area (Å²) in [7, 11) is 1.40. The summed E-state index contributed by atoms with van der Waals surface area (Å²) in [5.41, 5.74) is 0. The first kappa shape index (κ1) is 13.7. The van der Waals surface area contributed by atoms with Crippen LogP contribution in [0.5, 0.6) is 5.88 Å². The van der Waals surface area contributed by atoms with Crippen molar-refractivity contribution < 1.29 is 18.8 Å². The summed E-state index contributed by atoms with van der Waals surface area (Å²) in [6.07, 6.45) is 1.52. The fraction of sp³-hybridized carbons (Fsp3) is 0.692. The van der Waals surface area contributed by atoms with E-state index in [9.17, 15) is 4.79 Å². The van der Waals surface area contributed by atoms with Gasteiger partial charge in [0, 0.05) is 25.1 Å². The Kier molecular flexibility index (Phi) is 4.29. The monoisotopic (exact) mass is 268 g/mol. The molecule has 0 saturated carbocycles. The number of aromatic nitrogens is 1. The molecule has 0 N–H and O–H groups in total. The highest BCUT2D eigenvalue weighted by Crippen LogP contribution is 2.30. The lowest BCUT2D eigenvalue weighted by Gasteiger charge is -2.29. The van der Waals surface area contributed by atoms with Crippen LogP contribution < -0.4 is 4.74 Å². The molecule has 6 heteroatoms. The van der Waals surface area contributed by atoms with Crippen LogP contribution >= 0.6 is 0 Å². The molecule has 1 aromatic heterocycles. The first-order valence-electron chi connectivity index (χ1n) is 6.56. The van der Waals surface area contributed by atoms with Crippen molar-refractivity contribution in [2.45, 2.75) is 38.7 Å². The van der Waals surface area contributed by atoms with Crippen molar-refractivity contribution in [2.24, 2.45) is 0 Å². The number of piperidine rings is 1. The average Bonchev–Trinajstić information content (AvgIpc) is 2.85. The summed E-state index contributed by atoms with van der Waals surface area (Å²) >= 11 is 0. The Morgan fingerprint density at radius 2 is 2.16 bits per heavy atom. The maximum absolute atomic E-state index is 11.4. The summed E-state index contributed by atoms with van der Waals surface area (Å²) < 4.78 is 15.5.